The maximum absolute atomic E-state index is 16.1. The summed E-state index contributed by atoms with van der Waals surface area (Å²) in [6.45, 7) is 9.33. The fourth-order valence-corrected chi connectivity index (χ4v) is 10.0. The van der Waals surface area contributed by atoms with Crippen LogP contribution in [-0.2, 0) is 25.7 Å². The summed E-state index contributed by atoms with van der Waals surface area (Å²) in [5.74, 6) is -0.913. The third kappa shape index (κ3) is 8.82. The standard InChI is InChI=1S/C46H54ClFN10O7/c1-25(2)58-35-7-5-28(17-27(35)18-38(45(58)63)64-24-40(60)49-4)51-42-34(47)21-50-46(53-42)54-13-11-30(12-14-54)65-31-19-29(20-31)55-15-16-56(26(3)22-55)36-8-6-32-33(41(36)48)23-57(44(32)62)37-9-10-39(59)52-43(37)61/h5-8,17-18,21,25-26,29-31,37H,9-16,19-20,22-24H2,1-4H3,(H,49,60)(H,50,51,53)(H,52,59,61)/t26-,29-,31-,37+/m1/s1. The van der Waals surface area contributed by atoms with E-state index in [-0.39, 0.29) is 84.9 Å². The number of amides is 4. The molecular formula is C46H54ClFN10O7. The number of carbonyl (C=O) groups is 4. The van der Waals surface area contributed by atoms with Crippen molar-refractivity contribution in [3.63, 3.8) is 0 Å². The van der Waals surface area contributed by atoms with Gasteiger partial charge in [-0.2, -0.15) is 4.98 Å². The van der Waals surface area contributed by atoms with Gasteiger partial charge in [0.25, 0.3) is 17.4 Å². The topological polar surface area (TPSA) is 184 Å². The fourth-order valence-electron chi connectivity index (χ4n) is 9.86. The molecule has 0 unspecified atom stereocenters. The number of anilines is 4. The molecule has 2 aromatic carbocycles. The van der Waals surface area contributed by atoms with Crippen molar-refractivity contribution in [1.82, 2.24) is 35.0 Å². The summed E-state index contributed by atoms with van der Waals surface area (Å²) in [6.07, 6.45) is 5.85. The quantitative estimate of drug-likeness (QED) is 0.169. The highest BCUT2D eigenvalue weighted by Gasteiger charge is 2.43. The van der Waals surface area contributed by atoms with E-state index >= 15 is 4.39 Å². The van der Waals surface area contributed by atoms with Gasteiger partial charge < -0.3 is 39.4 Å². The van der Waals surface area contributed by atoms with Crippen molar-refractivity contribution in [2.45, 2.75) is 102 Å². The average Bonchev–Trinajstić information content (AvgIpc) is 3.61. The molecule has 2 aromatic heterocycles. The maximum atomic E-state index is 16.1. The second-order valence-electron chi connectivity index (χ2n) is 17.9. The zero-order valence-corrected chi connectivity index (χ0v) is 37.7. The first-order valence-corrected chi connectivity index (χ1v) is 22.8. The van der Waals surface area contributed by atoms with E-state index in [0.29, 0.717) is 46.3 Å². The first-order valence-electron chi connectivity index (χ1n) is 22.5. The van der Waals surface area contributed by atoms with Gasteiger partial charge in [-0.3, -0.25) is 34.2 Å². The Hall–Kier alpha value is -5.85. The summed E-state index contributed by atoms with van der Waals surface area (Å²) in [6, 6.07) is 10.1. The average molecular weight is 913 g/mol. The van der Waals surface area contributed by atoms with Crippen LogP contribution in [0.25, 0.3) is 10.9 Å². The summed E-state index contributed by atoms with van der Waals surface area (Å²) in [5.41, 5.74) is 2.16. The summed E-state index contributed by atoms with van der Waals surface area (Å²) in [7, 11) is 1.51. The number of piperidine rings is 2. The van der Waals surface area contributed by atoms with Crippen molar-refractivity contribution >= 4 is 69.3 Å². The number of piperazine rings is 1. The molecule has 1 aliphatic carbocycles. The molecule has 9 rings (SSSR count). The van der Waals surface area contributed by atoms with Gasteiger partial charge in [-0.05, 0) is 89.3 Å². The SMILES string of the molecule is CNC(=O)COc1cc2cc(Nc3nc(N4CCC(O[C@H]5C[C@H](N6CCN(c7ccc8c(c7F)CN([C@H]7CCC(=O)NC7=O)C8=O)[C@H](C)C6)C5)CC4)ncc3Cl)ccc2n(C(C)C)c1=O. The smallest absolute Gasteiger partial charge is 0.293 e. The second kappa shape index (κ2) is 18.2. The molecule has 3 N–H and O–H groups in total. The lowest BCUT2D eigenvalue weighted by Gasteiger charge is -2.49. The Morgan fingerprint density at radius 1 is 1.00 bits per heavy atom. The lowest BCUT2D eigenvalue weighted by Crippen LogP contribution is -2.59. The van der Waals surface area contributed by atoms with E-state index in [1.807, 2.05) is 32.0 Å². The number of carbonyl (C=O) groups excluding carboxylic acids is 4. The van der Waals surface area contributed by atoms with Gasteiger partial charge in [0.15, 0.2) is 24.0 Å². The lowest BCUT2D eigenvalue weighted by atomic mass is 9.86. The van der Waals surface area contributed by atoms with Gasteiger partial charge in [0.05, 0.1) is 36.2 Å². The van der Waals surface area contributed by atoms with Crippen molar-refractivity contribution in [2.75, 3.05) is 61.5 Å². The predicted octanol–water partition coefficient (Wildman–Crippen LogP) is 4.52. The molecule has 0 bridgehead atoms. The number of pyridine rings is 1. The zero-order chi connectivity index (χ0) is 45.7. The third-order valence-electron chi connectivity index (χ3n) is 13.4. The van der Waals surface area contributed by atoms with Crippen LogP contribution in [0.15, 0.2) is 47.4 Å². The maximum Gasteiger partial charge on any atom is 0.293 e. The van der Waals surface area contributed by atoms with Gasteiger partial charge in [0, 0.05) is 86.5 Å². The molecule has 4 fully saturated rings. The number of nitrogens with one attached hydrogen (secondary N) is 3. The third-order valence-corrected chi connectivity index (χ3v) is 13.7. The Kier molecular flexibility index (Phi) is 12.4. The Labute approximate surface area is 380 Å². The molecule has 6 heterocycles. The first kappa shape index (κ1) is 44.4. The molecule has 4 aromatic rings. The van der Waals surface area contributed by atoms with Gasteiger partial charge in [-0.25, -0.2) is 9.37 Å². The van der Waals surface area contributed by atoms with E-state index in [1.165, 1.54) is 11.9 Å². The number of hydrogen-bond acceptors (Lipinski definition) is 13. The minimum Gasteiger partial charge on any atom is -0.478 e. The summed E-state index contributed by atoms with van der Waals surface area (Å²) >= 11 is 6.60. The second-order valence-corrected chi connectivity index (χ2v) is 18.3. The number of fused-ring (bicyclic) bond motifs is 2. The van der Waals surface area contributed by atoms with E-state index in [0.717, 1.165) is 62.8 Å². The van der Waals surface area contributed by atoms with Crippen LogP contribution in [0.4, 0.5) is 27.5 Å². The molecule has 2 atom stereocenters. The number of nitrogens with zero attached hydrogens (tertiary/aromatic N) is 7. The van der Waals surface area contributed by atoms with E-state index in [9.17, 15) is 24.0 Å². The highest BCUT2D eigenvalue weighted by Crippen LogP contribution is 2.38. The Morgan fingerprint density at radius 2 is 1.78 bits per heavy atom. The molecule has 4 aliphatic heterocycles. The van der Waals surface area contributed by atoms with Crippen LogP contribution in [0.5, 0.6) is 5.75 Å². The first-order chi connectivity index (χ1) is 31.3. The summed E-state index contributed by atoms with van der Waals surface area (Å²) < 4.78 is 30.0. The van der Waals surface area contributed by atoms with Crippen LogP contribution in [0.2, 0.25) is 5.02 Å². The summed E-state index contributed by atoms with van der Waals surface area (Å²) in [4.78, 5) is 79.9. The molecule has 17 nitrogen and oxygen atoms in total. The highest BCUT2D eigenvalue weighted by atomic mass is 35.5. The van der Waals surface area contributed by atoms with E-state index < -0.39 is 17.8 Å². The molecule has 4 amide bonds. The minimum atomic E-state index is -0.788. The van der Waals surface area contributed by atoms with Crippen molar-refractivity contribution in [2.24, 2.45) is 0 Å². The molecule has 19 heteroatoms. The number of benzene rings is 2. The van der Waals surface area contributed by atoms with E-state index in [2.05, 4.69) is 42.6 Å². The molecule has 5 aliphatic rings. The molecule has 65 heavy (non-hydrogen) atoms. The molecule has 0 radical (unpaired) electrons. The van der Waals surface area contributed by atoms with Crippen LogP contribution in [0.1, 0.15) is 81.3 Å². The Bertz CT molecular complexity index is 2600. The summed E-state index contributed by atoms with van der Waals surface area (Å²) in [5, 5.41) is 9.22. The van der Waals surface area contributed by atoms with Crippen LogP contribution in [-0.4, -0.2) is 125 Å². The molecule has 344 valence electrons. The van der Waals surface area contributed by atoms with Crippen LogP contribution in [0.3, 0.4) is 0 Å². The predicted molar refractivity (Wildman–Crippen MR) is 242 cm³/mol. The number of imide groups is 1. The van der Waals surface area contributed by atoms with Crippen LogP contribution >= 0.6 is 11.6 Å². The largest absolute Gasteiger partial charge is 0.478 e. The van der Waals surface area contributed by atoms with Gasteiger partial charge in [0.2, 0.25) is 17.8 Å². The Balaban J connectivity index is 0.756. The Morgan fingerprint density at radius 3 is 2.51 bits per heavy atom. The number of rotatable bonds is 12. The van der Waals surface area contributed by atoms with Crippen LogP contribution < -0.4 is 36.0 Å². The molecule has 3 saturated heterocycles. The van der Waals surface area contributed by atoms with Gasteiger partial charge >= 0.3 is 0 Å². The van der Waals surface area contributed by atoms with Crippen LogP contribution in [0, 0.1) is 5.82 Å². The zero-order valence-electron chi connectivity index (χ0n) is 36.9. The van der Waals surface area contributed by atoms with Gasteiger partial charge in [-0.15, -0.1) is 0 Å². The minimum absolute atomic E-state index is 0.00571. The molecular weight excluding hydrogens is 859 g/mol. The number of hydrogen-bond donors (Lipinski definition) is 3. The van der Waals surface area contributed by atoms with Crippen molar-refractivity contribution < 1.29 is 33.0 Å². The van der Waals surface area contributed by atoms with E-state index in [4.69, 9.17) is 26.1 Å². The van der Waals surface area contributed by atoms with Crippen molar-refractivity contribution in [1.29, 1.82) is 0 Å². The van der Waals surface area contributed by atoms with Gasteiger partial charge in [-0.1, -0.05) is 11.6 Å². The normalized spacial score (nSPS) is 22.9. The van der Waals surface area contributed by atoms with Gasteiger partial charge in [0.1, 0.15) is 11.1 Å². The highest BCUT2D eigenvalue weighted by molar-refractivity contribution is 6.33. The fraction of sp³-hybridized carbons (Fsp3) is 0.500. The van der Waals surface area contributed by atoms with Crippen molar-refractivity contribution in [3.8, 4) is 5.75 Å². The number of likely N-dealkylation sites (N-methyl/N-ethyl adjacent to an activating group) is 1. The monoisotopic (exact) mass is 912 g/mol. The number of ether oxygens (including phenoxy) is 2. The number of aromatic nitrogens is 3. The lowest BCUT2D eigenvalue weighted by molar-refractivity contribution is -0.137. The molecule has 0 spiro atoms. The van der Waals surface area contributed by atoms with E-state index in [1.54, 1.807) is 29.0 Å². The molecule has 1 saturated carbocycles. The van der Waals surface area contributed by atoms with Crippen molar-refractivity contribution in [3.05, 3.63) is 74.9 Å². The number of halogens is 2.